The lowest BCUT2D eigenvalue weighted by molar-refractivity contribution is -0.132. The molecule has 0 saturated carbocycles. The minimum absolute atomic E-state index is 0.210. The number of rotatable bonds is 5. The fourth-order valence-electron chi connectivity index (χ4n) is 1.49. The van der Waals surface area contributed by atoms with Crippen molar-refractivity contribution in [2.45, 2.75) is 31.9 Å². The zero-order valence-corrected chi connectivity index (χ0v) is 12.3. The van der Waals surface area contributed by atoms with Crippen LogP contribution >= 0.6 is 23.2 Å². The number of amides is 1. The largest absolute Gasteiger partial charge is 0.394 e. The highest BCUT2D eigenvalue weighted by Gasteiger charge is 2.27. The van der Waals surface area contributed by atoms with Gasteiger partial charge in [-0.2, -0.15) is 0 Å². The fourth-order valence-corrected chi connectivity index (χ4v) is 2.03. The number of benzene rings is 1. The molecule has 1 aromatic rings. The number of aliphatic hydroxyl groups is 2. The monoisotopic (exact) mass is 305 g/mol. The average molecular weight is 306 g/mol. The molecule has 0 bridgehead atoms. The Kier molecular flexibility index (Phi) is 5.62. The van der Waals surface area contributed by atoms with E-state index < -0.39 is 17.6 Å². The van der Waals surface area contributed by atoms with Crippen molar-refractivity contribution in [3.05, 3.63) is 33.8 Å². The van der Waals surface area contributed by atoms with Crippen LogP contribution in [0.2, 0.25) is 10.0 Å². The first-order chi connectivity index (χ1) is 8.81. The third kappa shape index (κ3) is 4.35. The van der Waals surface area contributed by atoms with Crippen molar-refractivity contribution in [2.75, 3.05) is 6.61 Å². The summed E-state index contributed by atoms with van der Waals surface area (Å²) in [4.78, 5) is 11.9. The molecule has 106 valence electrons. The van der Waals surface area contributed by atoms with Gasteiger partial charge >= 0.3 is 0 Å². The molecule has 0 aliphatic rings. The van der Waals surface area contributed by atoms with Crippen LogP contribution < -0.4 is 5.32 Å². The molecule has 0 heterocycles. The van der Waals surface area contributed by atoms with Crippen molar-refractivity contribution in [1.29, 1.82) is 0 Å². The molecule has 0 unspecified atom stereocenters. The molecule has 0 saturated heterocycles. The maximum atomic E-state index is 11.9. The average Bonchev–Trinajstić information content (AvgIpc) is 2.36. The summed E-state index contributed by atoms with van der Waals surface area (Å²) in [5, 5.41) is 22.5. The summed E-state index contributed by atoms with van der Waals surface area (Å²) in [6, 6.07) is 4.46. The third-order valence-electron chi connectivity index (χ3n) is 3.00. The molecule has 1 amide bonds. The first kappa shape index (κ1) is 16.2. The highest BCUT2D eigenvalue weighted by atomic mass is 35.5. The Hall–Kier alpha value is -0.810. The van der Waals surface area contributed by atoms with Crippen LogP contribution in [0.25, 0.3) is 0 Å². The van der Waals surface area contributed by atoms with Gasteiger partial charge in [-0.15, -0.1) is 0 Å². The van der Waals surface area contributed by atoms with E-state index in [2.05, 4.69) is 5.32 Å². The predicted octanol–water partition coefficient (Wildman–Crippen LogP) is 2.30. The number of nitrogens with one attached hydrogen (secondary N) is 1. The molecule has 6 heteroatoms. The summed E-state index contributed by atoms with van der Waals surface area (Å²) in [7, 11) is 0. The lowest BCUT2D eigenvalue weighted by Gasteiger charge is -2.28. The topological polar surface area (TPSA) is 69.6 Å². The summed E-state index contributed by atoms with van der Waals surface area (Å²) < 4.78 is 0. The number of halogens is 2. The highest BCUT2D eigenvalue weighted by molar-refractivity contribution is 6.34. The smallest absolute Gasteiger partial charge is 0.253 e. The second-order valence-corrected chi connectivity index (χ2v) is 5.54. The number of carbonyl (C=O) groups excluding carboxylic acids is 1. The van der Waals surface area contributed by atoms with Gasteiger partial charge in [-0.05, 0) is 37.1 Å². The minimum atomic E-state index is -1.38. The quantitative estimate of drug-likeness (QED) is 0.782. The molecule has 0 fully saturated rings. The summed E-state index contributed by atoms with van der Waals surface area (Å²) >= 11 is 11.6. The van der Waals surface area contributed by atoms with Gasteiger partial charge in [0.1, 0.15) is 0 Å². The molecule has 4 nitrogen and oxygen atoms in total. The molecule has 19 heavy (non-hydrogen) atoms. The van der Waals surface area contributed by atoms with Gasteiger partial charge in [0.15, 0.2) is 6.10 Å². The number of hydrogen-bond acceptors (Lipinski definition) is 3. The second kappa shape index (κ2) is 6.57. The lowest BCUT2D eigenvalue weighted by atomic mass is 9.99. The zero-order chi connectivity index (χ0) is 14.6. The Bertz CT molecular complexity index is 441. The van der Waals surface area contributed by atoms with E-state index in [0.717, 1.165) is 0 Å². The highest BCUT2D eigenvalue weighted by Crippen LogP contribution is 2.24. The normalized spacial score (nSPS) is 15.7. The van der Waals surface area contributed by atoms with Crippen LogP contribution in [-0.4, -0.2) is 28.3 Å². The van der Waals surface area contributed by atoms with Crippen molar-refractivity contribution in [2.24, 2.45) is 0 Å². The van der Waals surface area contributed by atoms with E-state index in [1.54, 1.807) is 6.92 Å². The molecule has 0 radical (unpaired) electrons. The van der Waals surface area contributed by atoms with Crippen LogP contribution in [-0.2, 0) is 4.79 Å². The van der Waals surface area contributed by atoms with Crippen LogP contribution in [0, 0.1) is 0 Å². The van der Waals surface area contributed by atoms with Crippen molar-refractivity contribution in [1.82, 2.24) is 5.32 Å². The van der Waals surface area contributed by atoms with Gasteiger partial charge in [0, 0.05) is 10.0 Å². The van der Waals surface area contributed by atoms with E-state index in [9.17, 15) is 15.0 Å². The first-order valence-electron chi connectivity index (χ1n) is 5.88. The molecule has 0 aliphatic carbocycles. The first-order valence-corrected chi connectivity index (χ1v) is 6.64. The molecule has 0 spiro atoms. The standard InChI is InChI=1S/C13H17Cl2NO3/c1-3-13(2,7-17)16-12(19)11(18)8-4-9(14)6-10(15)5-8/h4-6,11,17-18H,3,7H2,1-2H3,(H,16,19)/t11-,13-/m1/s1. The van der Waals surface area contributed by atoms with Gasteiger partial charge in [-0.25, -0.2) is 0 Å². The van der Waals surface area contributed by atoms with Crippen LogP contribution in [0.1, 0.15) is 31.9 Å². The summed E-state index contributed by atoms with van der Waals surface area (Å²) in [6.07, 6.45) is -0.841. The number of hydrogen-bond donors (Lipinski definition) is 3. The number of aliphatic hydroxyl groups excluding tert-OH is 2. The molecular formula is C13H17Cl2NO3. The van der Waals surface area contributed by atoms with Crippen molar-refractivity contribution >= 4 is 29.1 Å². The van der Waals surface area contributed by atoms with Crippen LogP contribution in [0.4, 0.5) is 0 Å². The molecule has 0 aromatic heterocycles. The van der Waals surface area contributed by atoms with Crippen molar-refractivity contribution in [3.63, 3.8) is 0 Å². The maximum absolute atomic E-state index is 11.9. The Morgan fingerprint density at radius 3 is 2.32 bits per heavy atom. The predicted molar refractivity (Wildman–Crippen MR) is 75.3 cm³/mol. The van der Waals surface area contributed by atoms with E-state index in [0.29, 0.717) is 22.0 Å². The maximum Gasteiger partial charge on any atom is 0.253 e. The van der Waals surface area contributed by atoms with Gasteiger partial charge in [0.05, 0.1) is 12.1 Å². The molecule has 1 rings (SSSR count). The van der Waals surface area contributed by atoms with E-state index >= 15 is 0 Å². The van der Waals surface area contributed by atoms with E-state index in [1.807, 2.05) is 6.92 Å². The molecular weight excluding hydrogens is 289 g/mol. The molecule has 0 aliphatic heterocycles. The van der Waals surface area contributed by atoms with Crippen LogP contribution in [0.3, 0.4) is 0 Å². The van der Waals surface area contributed by atoms with Gasteiger partial charge < -0.3 is 15.5 Å². The Balaban J connectivity index is 2.87. The summed E-state index contributed by atoms with van der Waals surface area (Å²) in [5.74, 6) is -0.600. The zero-order valence-electron chi connectivity index (χ0n) is 10.8. The fraction of sp³-hybridized carbons (Fsp3) is 0.462. The van der Waals surface area contributed by atoms with Crippen molar-refractivity contribution < 1.29 is 15.0 Å². The van der Waals surface area contributed by atoms with E-state index in [-0.39, 0.29) is 6.61 Å². The summed E-state index contributed by atoms with van der Waals surface area (Å²) in [5.41, 5.74) is -0.452. The number of carbonyl (C=O) groups is 1. The third-order valence-corrected chi connectivity index (χ3v) is 3.44. The van der Waals surface area contributed by atoms with Crippen molar-refractivity contribution in [3.8, 4) is 0 Å². The van der Waals surface area contributed by atoms with Crippen LogP contribution in [0.15, 0.2) is 18.2 Å². The SMILES string of the molecule is CC[C@](C)(CO)NC(=O)[C@H](O)c1cc(Cl)cc(Cl)c1. The Labute approximate surface area is 122 Å². The molecule has 1 aromatic carbocycles. The lowest BCUT2D eigenvalue weighted by Crippen LogP contribution is -2.50. The van der Waals surface area contributed by atoms with Gasteiger partial charge in [0.2, 0.25) is 0 Å². The van der Waals surface area contributed by atoms with Crippen LogP contribution in [0.5, 0.6) is 0 Å². The second-order valence-electron chi connectivity index (χ2n) is 4.67. The Morgan fingerprint density at radius 1 is 1.37 bits per heavy atom. The Morgan fingerprint density at radius 2 is 1.89 bits per heavy atom. The molecule has 3 N–H and O–H groups in total. The van der Waals surface area contributed by atoms with E-state index in [4.69, 9.17) is 23.2 Å². The van der Waals surface area contributed by atoms with E-state index in [1.165, 1.54) is 18.2 Å². The summed E-state index contributed by atoms with van der Waals surface area (Å²) in [6.45, 7) is 3.32. The van der Waals surface area contributed by atoms with Gasteiger partial charge in [0.25, 0.3) is 5.91 Å². The van der Waals surface area contributed by atoms with Gasteiger partial charge in [-0.1, -0.05) is 30.1 Å². The minimum Gasteiger partial charge on any atom is -0.394 e. The molecule has 2 atom stereocenters. The van der Waals surface area contributed by atoms with Gasteiger partial charge in [-0.3, -0.25) is 4.79 Å².